The van der Waals surface area contributed by atoms with E-state index in [0.717, 1.165) is 46.3 Å². The molecule has 0 spiro atoms. The van der Waals surface area contributed by atoms with Crippen LogP contribution in [0.1, 0.15) is 26.4 Å². The van der Waals surface area contributed by atoms with E-state index in [1.807, 2.05) is 0 Å². The number of hydrazine groups is 1. The predicted octanol–water partition coefficient (Wildman–Crippen LogP) is 6.63. The monoisotopic (exact) mass is 649 g/mol. The molecule has 0 saturated carbocycles. The summed E-state index contributed by atoms with van der Waals surface area (Å²) in [6.07, 6.45) is -8.68. The van der Waals surface area contributed by atoms with E-state index >= 15 is 0 Å². The van der Waals surface area contributed by atoms with Crippen molar-refractivity contribution in [2.24, 2.45) is 0 Å². The first-order valence-electron chi connectivity index (χ1n) is 11.3. The van der Waals surface area contributed by atoms with E-state index in [0.29, 0.717) is 17.0 Å². The molecule has 220 valence electrons. The molecular formula is C25H14F7N3O4S3. The molecule has 2 heterocycles. The molecule has 0 bridgehead atoms. The first kappa shape index (κ1) is 31.1. The van der Waals surface area contributed by atoms with E-state index in [1.165, 1.54) is 17.5 Å². The second kappa shape index (κ2) is 11.8. The van der Waals surface area contributed by atoms with E-state index in [9.17, 15) is 45.1 Å². The first-order valence-corrected chi connectivity index (χ1v) is 13.4. The van der Waals surface area contributed by atoms with Crippen LogP contribution in [0.4, 0.5) is 36.4 Å². The van der Waals surface area contributed by atoms with Crippen molar-refractivity contribution in [2.75, 3.05) is 11.9 Å². The Balaban J connectivity index is 1.46. The molecular weight excluding hydrogens is 635 g/mol. The molecule has 1 aliphatic heterocycles. The number of carboxylic acid groups (broad SMARTS) is 1. The van der Waals surface area contributed by atoms with Gasteiger partial charge in [0.05, 0.1) is 33.8 Å². The molecule has 0 atom stereocenters. The molecule has 0 radical (unpaired) electrons. The van der Waals surface area contributed by atoms with Gasteiger partial charge in [0, 0.05) is 4.88 Å². The third-order valence-electron chi connectivity index (χ3n) is 5.50. The van der Waals surface area contributed by atoms with Crippen LogP contribution in [0.25, 0.3) is 17.2 Å². The van der Waals surface area contributed by atoms with Crippen LogP contribution in [-0.2, 0) is 21.9 Å². The number of carbonyl (C=O) groups excluding carboxylic acids is 2. The second-order valence-electron chi connectivity index (χ2n) is 8.43. The molecule has 2 aromatic carbocycles. The van der Waals surface area contributed by atoms with Gasteiger partial charge in [-0.15, -0.1) is 11.3 Å². The summed E-state index contributed by atoms with van der Waals surface area (Å²) in [5.41, 5.74) is -1.32. The molecule has 1 fully saturated rings. The lowest BCUT2D eigenvalue weighted by atomic mass is 10.0. The van der Waals surface area contributed by atoms with Gasteiger partial charge in [0.15, 0.2) is 4.32 Å². The molecule has 3 aromatic rings. The molecule has 2 amide bonds. The third kappa shape index (κ3) is 7.15. The smallest absolute Gasteiger partial charge is 0.416 e. The van der Waals surface area contributed by atoms with Gasteiger partial charge in [-0.25, -0.2) is 19.6 Å². The number of thiocarbonyl (C=S) groups is 1. The van der Waals surface area contributed by atoms with Crippen LogP contribution in [0.3, 0.4) is 0 Å². The molecule has 1 aromatic heterocycles. The van der Waals surface area contributed by atoms with Gasteiger partial charge in [0.25, 0.3) is 5.91 Å². The summed E-state index contributed by atoms with van der Waals surface area (Å²) in [5, 5.41) is 13.3. The summed E-state index contributed by atoms with van der Waals surface area (Å²) < 4.78 is 93.4. The Morgan fingerprint density at radius 3 is 2.19 bits per heavy atom. The number of anilines is 1. The second-order valence-corrected chi connectivity index (χ2v) is 11.1. The van der Waals surface area contributed by atoms with Crippen LogP contribution in [-0.4, -0.2) is 38.8 Å². The van der Waals surface area contributed by atoms with Crippen molar-refractivity contribution in [2.45, 2.75) is 12.4 Å². The fourth-order valence-electron chi connectivity index (χ4n) is 3.53. The van der Waals surface area contributed by atoms with Crippen molar-refractivity contribution in [3.8, 4) is 11.1 Å². The lowest BCUT2D eigenvalue weighted by molar-refractivity contribution is -0.143. The summed E-state index contributed by atoms with van der Waals surface area (Å²) in [4.78, 5) is 36.3. The summed E-state index contributed by atoms with van der Waals surface area (Å²) >= 11 is 6.93. The van der Waals surface area contributed by atoms with E-state index in [2.05, 4.69) is 10.7 Å². The zero-order valence-corrected chi connectivity index (χ0v) is 22.8. The maximum absolute atomic E-state index is 14.1. The van der Waals surface area contributed by atoms with Crippen molar-refractivity contribution in [1.29, 1.82) is 0 Å². The number of carbonyl (C=O) groups is 3. The van der Waals surface area contributed by atoms with Crippen LogP contribution < -0.4 is 10.7 Å². The highest BCUT2D eigenvalue weighted by atomic mass is 32.2. The number of benzene rings is 2. The number of nitrogens with zero attached hydrogens (tertiary/aromatic N) is 1. The van der Waals surface area contributed by atoms with Crippen LogP contribution in [0, 0.1) is 5.82 Å². The quantitative estimate of drug-likeness (QED) is 0.150. The molecule has 3 N–H and O–H groups in total. The molecule has 1 saturated heterocycles. The number of nitrogens with one attached hydrogen (secondary N) is 2. The SMILES string of the molecule is O=C(CNN1C(=O)C(=Cc2cc(-c3cc(C(F)(F)F)cc(C(F)(F)F)c3)cs2)SC1=S)Nc1ccc(C(=O)O)cc1F. The topological polar surface area (TPSA) is 98.7 Å². The van der Waals surface area contributed by atoms with Gasteiger partial charge in [-0.1, -0.05) is 24.0 Å². The molecule has 0 aliphatic carbocycles. The van der Waals surface area contributed by atoms with Crippen molar-refractivity contribution in [3.63, 3.8) is 0 Å². The zero-order chi connectivity index (χ0) is 31.0. The number of carboxylic acids is 1. The Hall–Kier alpha value is -3.80. The van der Waals surface area contributed by atoms with Crippen molar-refractivity contribution in [3.05, 3.63) is 80.1 Å². The minimum absolute atomic E-state index is 0.0134. The van der Waals surface area contributed by atoms with Crippen molar-refractivity contribution < 1.29 is 50.2 Å². The van der Waals surface area contributed by atoms with Crippen molar-refractivity contribution >= 4 is 69.2 Å². The van der Waals surface area contributed by atoms with E-state index in [-0.39, 0.29) is 37.7 Å². The highest BCUT2D eigenvalue weighted by Crippen LogP contribution is 2.40. The largest absolute Gasteiger partial charge is 0.478 e. The standard InChI is InChI=1S/C25H14F7N3O4S3/c26-17-6-11(22(38)39)1-2-18(17)34-20(36)9-33-35-21(37)19(42-23(35)40)8-16-5-13(10-41-16)12-3-14(24(27,28)29)7-15(4-12)25(30,31)32/h1-8,10,33H,9H2,(H,34,36)(H,38,39). The van der Waals surface area contributed by atoms with E-state index < -0.39 is 53.6 Å². The highest BCUT2D eigenvalue weighted by Gasteiger charge is 2.37. The number of amides is 2. The summed E-state index contributed by atoms with van der Waals surface area (Å²) in [5.74, 6) is -3.84. The average Bonchev–Trinajstić information content (AvgIpc) is 3.46. The number of hydrogen-bond donors (Lipinski definition) is 3. The van der Waals surface area contributed by atoms with Crippen molar-refractivity contribution in [1.82, 2.24) is 10.4 Å². The number of halogens is 7. The Morgan fingerprint density at radius 1 is 0.976 bits per heavy atom. The summed E-state index contributed by atoms with van der Waals surface area (Å²) in [6, 6.07) is 5.40. The number of alkyl halides is 6. The molecule has 4 rings (SSSR count). The predicted molar refractivity (Wildman–Crippen MR) is 145 cm³/mol. The number of thiophene rings is 1. The maximum atomic E-state index is 14.1. The van der Waals surface area contributed by atoms with Gasteiger partial charge < -0.3 is 10.4 Å². The van der Waals surface area contributed by atoms with E-state index in [4.69, 9.17) is 17.3 Å². The lowest BCUT2D eigenvalue weighted by Gasteiger charge is -2.15. The maximum Gasteiger partial charge on any atom is 0.416 e. The molecule has 0 unspecified atom stereocenters. The summed E-state index contributed by atoms with van der Waals surface area (Å²) in [6.45, 7) is -0.542. The Morgan fingerprint density at radius 2 is 1.62 bits per heavy atom. The normalized spacial score (nSPS) is 15.0. The number of hydrogen-bond acceptors (Lipinski definition) is 7. The lowest BCUT2D eigenvalue weighted by Crippen LogP contribution is -2.45. The van der Waals surface area contributed by atoms with Gasteiger partial charge >= 0.3 is 18.3 Å². The van der Waals surface area contributed by atoms with Gasteiger partial charge in [-0.2, -0.15) is 26.3 Å². The number of thioether (sulfide) groups is 1. The van der Waals surface area contributed by atoms with Crippen LogP contribution in [0.5, 0.6) is 0 Å². The van der Waals surface area contributed by atoms with Gasteiger partial charge in [0.2, 0.25) is 5.91 Å². The van der Waals surface area contributed by atoms with E-state index in [1.54, 1.807) is 0 Å². The van der Waals surface area contributed by atoms with Crippen LogP contribution >= 0.6 is 35.3 Å². The van der Waals surface area contributed by atoms with Crippen LogP contribution in [0.15, 0.2) is 52.7 Å². The Bertz CT molecular complexity index is 1600. The minimum atomic E-state index is -5.01. The highest BCUT2D eigenvalue weighted by molar-refractivity contribution is 8.26. The minimum Gasteiger partial charge on any atom is -0.478 e. The Kier molecular flexibility index (Phi) is 8.77. The molecule has 7 nitrogen and oxygen atoms in total. The fraction of sp³-hybridized carbons (Fsp3) is 0.120. The first-order chi connectivity index (χ1) is 19.5. The van der Waals surface area contributed by atoms with Crippen LogP contribution in [0.2, 0.25) is 0 Å². The molecule has 42 heavy (non-hydrogen) atoms. The van der Waals surface area contributed by atoms with Gasteiger partial charge in [0.1, 0.15) is 5.82 Å². The molecule has 1 aliphatic rings. The third-order valence-corrected chi connectivity index (χ3v) is 7.68. The molecule has 17 heteroatoms. The van der Waals surface area contributed by atoms with Gasteiger partial charge in [-0.3, -0.25) is 9.59 Å². The Labute approximate surface area is 245 Å². The summed E-state index contributed by atoms with van der Waals surface area (Å²) in [7, 11) is 0. The number of aromatic carboxylic acids is 1. The number of rotatable bonds is 7. The fourth-order valence-corrected chi connectivity index (χ4v) is 5.66. The van der Waals surface area contributed by atoms with Gasteiger partial charge in [-0.05, 0) is 65.0 Å². The zero-order valence-electron chi connectivity index (χ0n) is 20.4. The average molecular weight is 650 g/mol.